The number of aryl methyl sites for hydroxylation is 1. The smallest absolute Gasteiger partial charge is 0.330 e. The molecule has 2 aromatic carbocycles. The molecule has 1 heterocycles. The third kappa shape index (κ3) is 4.20. The number of nitrogens with zero attached hydrogens (tertiary/aromatic N) is 2. The van der Waals surface area contributed by atoms with Crippen LogP contribution in [0.3, 0.4) is 0 Å². The molecule has 0 aliphatic heterocycles. The summed E-state index contributed by atoms with van der Waals surface area (Å²) in [5.74, 6) is -0.700. The van der Waals surface area contributed by atoms with E-state index < -0.39 is 5.97 Å². The summed E-state index contributed by atoms with van der Waals surface area (Å²) in [4.78, 5) is 36.1. The van der Waals surface area contributed by atoms with E-state index in [2.05, 4.69) is 5.32 Å². The quantitative estimate of drug-likeness (QED) is 0.527. The zero-order chi connectivity index (χ0) is 20.1. The number of hydrogen-bond donors (Lipinski definition) is 1. The molecule has 28 heavy (non-hydrogen) atoms. The van der Waals surface area contributed by atoms with E-state index in [0.717, 1.165) is 11.1 Å². The van der Waals surface area contributed by atoms with Gasteiger partial charge in [0.15, 0.2) is 0 Å². The molecule has 0 atom stereocenters. The fourth-order valence-corrected chi connectivity index (χ4v) is 2.89. The summed E-state index contributed by atoms with van der Waals surface area (Å²) in [6.07, 6.45) is 2.99. The SMILES string of the molecule is CCOC(=O)/C=C/c1ccc(NC(=O)Cn2c(=O)n(C)c3ccccc32)cc1. The van der Waals surface area contributed by atoms with Gasteiger partial charge in [0, 0.05) is 18.8 Å². The van der Waals surface area contributed by atoms with Crippen molar-refractivity contribution in [3.63, 3.8) is 0 Å². The largest absolute Gasteiger partial charge is 0.463 e. The first kappa shape index (κ1) is 19.2. The first-order valence-electron chi connectivity index (χ1n) is 8.88. The standard InChI is InChI=1S/C21H21N3O4/c1-3-28-20(26)13-10-15-8-11-16(12-9-15)22-19(25)14-24-18-7-5-4-6-17(18)23(2)21(24)27/h4-13H,3,14H2,1-2H3,(H,22,25)/b13-10+. The molecule has 0 aliphatic rings. The first-order chi connectivity index (χ1) is 13.5. The predicted octanol–water partition coefficient (Wildman–Crippen LogP) is 2.56. The minimum atomic E-state index is -0.402. The number of rotatable bonds is 6. The van der Waals surface area contributed by atoms with Gasteiger partial charge in [-0.1, -0.05) is 24.3 Å². The molecule has 1 N–H and O–H groups in total. The van der Waals surface area contributed by atoms with Crippen LogP contribution in [-0.2, 0) is 27.9 Å². The molecule has 0 bridgehead atoms. The Labute approximate surface area is 161 Å². The average Bonchev–Trinajstić information content (AvgIpc) is 2.93. The van der Waals surface area contributed by atoms with Crippen molar-refractivity contribution in [3.8, 4) is 0 Å². The Morgan fingerprint density at radius 2 is 1.75 bits per heavy atom. The summed E-state index contributed by atoms with van der Waals surface area (Å²) < 4.78 is 7.79. The number of fused-ring (bicyclic) bond motifs is 1. The Balaban J connectivity index is 1.68. The van der Waals surface area contributed by atoms with Crippen molar-refractivity contribution in [2.24, 2.45) is 7.05 Å². The average molecular weight is 379 g/mol. The lowest BCUT2D eigenvalue weighted by molar-refractivity contribution is -0.137. The van der Waals surface area contributed by atoms with Gasteiger partial charge in [0.05, 0.1) is 17.6 Å². The van der Waals surface area contributed by atoms with Crippen LogP contribution in [0.1, 0.15) is 12.5 Å². The van der Waals surface area contributed by atoms with Crippen molar-refractivity contribution in [1.29, 1.82) is 0 Å². The Bertz CT molecular complexity index is 1090. The van der Waals surface area contributed by atoms with Crippen molar-refractivity contribution in [1.82, 2.24) is 9.13 Å². The second kappa shape index (κ2) is 8.39. The number of aromatic nitrogens is 2. The number of amides is 1. The zero-order valence-corrected chi connectivity index (χ0v) is 15.7. The van der Waals surface area contributed by atoms with E-state index in [1.807, 2.05) is 24.3 Å². The van der Waals surface area contributed by atoms with Crippen LogP contribution in [0.25, 0.3) is 17.1 Å². The predicted molar refractivity (Wildman–Crippen MR) is 108 cm³/mol. The van der Waals surface area contributed by atoms with Gasteiger partial charge < -0.3 is 10.1 Å². The van der Waals surface area contributed by atoms with E-state index in [0.29, 0.717) is 17.8 Å². The molecule has 7 nitrogen and oxygen atoms in total. The summed E-state index contributed by atoms with van der Waals surface area (Å²) in [7, 11) is 1.68. The maximum atomic E-state index is 12.4. The second-order valence-corrected chi connectivity index (χ2v) is 6.17. The van der Waals surface area contributed by atoms with Crippen molar-refractivity contribution in [2.45, 2.75) is 13.5 Å². The van der Waals surface area contributed by atoms with Gasteiger partial charge in [-0.05, 0) is 42.8 Å². The molecule has 1 aromatic heterocycles. The number of imidazole rings is 1. The molecule has 0 radical (unpaired) electrons. The molecule has 0 saturated carbocycles. The number of anilines is 1. The first-order valence-corrected chi connectivity index (χ1v) is 8.88. The lowest BCUT2D eigenvalue weighted by Crippen LogP contribution is -2.28. The van der Waals surface area contributed by atoms with Crippen molar-refractivity contribution >= 4 is 34.7 Å². The number of carbonyl (C=O) groups is 2. The minimum absolute atomic E-state index is 0.0787. The summed E-state index contributed by atoms with van der Waals surface area (Å²) >= 11 is 0. The molecule has 0 aliphatic carbocycles. The number of para-hydroxylation sites is 2. The maximum absolute atomic E-state index is 12.4. The fourth-order valence-electron chi connectivity index (χ4n) is 2.89. The van der Waals surface area contributed by atoms with Gasteiger partial charge >= 0.3 is 11.7 Å². The Morgan fingerprint density at radius 1 is 1.07 bits per heavy atom. The van der Waals surface area contributed by atoms with E-state index in [4.69, 9.17) is 4.74 Å². The minimum Gasteiger partial charge on any atom is -0.463 e. The normalized spacial score (nSPS) is 11.1. The van der Waals surface area contributed by atoms with E-state index in [9.17, 15) is 14.4 Å². The molecule has 0 fully saturated rings. The van der Waals surface area contributed by atoms with Gasteiger partial charge in [0.2, 0.25) is 5.91 Å². The highest BCUT2D eigenvalue weighted by Gasteiger charge is 2.13. The fraction of sp³-hybridized carbons (Fsp3) is 0.190. The van der Waals surface area contributed by atoms with Crippen molar-refractivity contribution in [3.05, 3.63) is 70.7 Å². The van der Waals surface area contributed by atoms with E-state index in [1.165, 1.54) is 15.2 Å². The molecule has 0 spiro atoms. The van der Waals surface area contributed by atoms with Crippen LogP contribution in [-0.4, -0.2) is 27.6 Å². The number of carbonyl (C=O) groups excluding carboxylic acids is 2. The lowest BCUT2D eigenvalue weighted by Gasteiger charge is -2.07. The van der Waals surface area contributed by atoms with Crippen LogP contribution < -0.4 is 11.0 Å². The van der Waals surface area contributed by atoms with Crippen LogP contribution >= 0.6 is 0 Å². The lowest BCUT2D eigenvalue weighted by atomic mass is 10.2. The summed E-state index contributed by atoms with van der Waals surface area (Å²) in [5.41, 5.74) is 2.65. The Morgan fingerprint density at radius 3 is 2.43 bits per heavy atom. The molecule has 0 unspecified atom stereocenters. The molecule has 7 heteroatoms. The highest BCUT2D eigenvalue weighted by Crippen LogP contribution is 2.13. The van der Waals surface area contributed by atoms with Gasteiger partial charge in [-0.3, -0.25) is 13.9 Å². The Kier molecular flexibility index (Phi) is 5.74. The summed E-state index contributed by atoms with van der Waals surface area (Å²) in [5, 5.41) is 2.78. The molecule has 1 amide bonds. The van der Waals surface area contributed by atoms with Crippen molar-refractivity contribution < 1.29 is 14.3 Å². The topological polar surface area (TPSA) is 82.3 Å². The second-order valence-electron chi connectivity index (χ2n) is 6.17. The summed E-state index contributed by atoms with van der Waals surface area (Å²) in [6.45, 7) is 1.99. The van der Waals surface area contributed by atoms with Crippen LogP contribution in [0.5, 0.6) is 0 Å². The molecule has 144 valence electrons. The zero-order valence-electron chi connectivity index (χ0n) is 15.7. The molecule has 3 rings (SSSR count). The highest BCUT2D eigenvalue weighted by molar-refractivity contribution is 5.92. The Hall–Kier alpha value is -3.61. The van der Waals surface area contributed by atoms with Gasteiger partial charge in [-0.25, -0.2) is 9.59 Å². The number of benzene rings is 2. The third-order valence-corrected chi connectivity index (χ3v) is 4.25. The van der Waals surface area contributed by atoms with Crippen LogP contribution in [0.2, 0.25) is 0 Å². The molecular formula is C21H21N3O4. The van der Waals surface area contributed by atoms with Crippen molar-refractivity contribution in [2.75, 3.05) is 11.9 Å². The van der Waals surface area contributed by atoms with E-state index >= 15 is 0 Å². The molecule has 0 saturated heterocycles. The van der Waals surface area contributed by atoms with Gasteiger partial charge in [0.25, 0.3) is 0 Å². The molecule has 3 aromatic rings. The van der Waals surface area contributed by atoms with Crippen LogP contribution in [0.15, 0.2) is 59.4 Å². The highest BCUT2D eigenvalue weighted by atomic mass is 16.5. The van der Waals surface area contributed by atoms with E-state index in [1.54, 1.807) is 44.3 Å². The van der Waals surface area contributed by atoms with Crippen LogP contribution in [0.4, 0.5) is 5.69 Å². The number of esters is 1. The maximum Gasteiger partial charge on any atom is 0.330 e. The number of hydrogen-bond acceptors (Lipinski definition) is 4. The summed E-state index contributed by atoms with van der Waals surface area (Å²) in [6, 6.07) is 14.3. The van der Waals surface area contributed by atoms with Gasteiger partial charge in [-0.2, -0.15) is 0 Å². The van der Waals surface area contributed by atoms with Gasteiger partial charge in [-0.15, -0.1) is 0 Å². The molecular weight excluding hydrogens is 358 g/mol. The number of ether oxygens (including phenoxy) is 1. The third-order valence-electron chi connectivity index (χ3n) is 4.25. The monoisotopic (exact) mass is 379 g/mol. The van der Waals surface area contributed by atoms with Gasteiger partial charge in [0.1, 0.15) is 6.54 Å². The van der Waals surface area contributed by atoms with E-state index in [-0.39, 0.29) is 18.1 Å². The van der Waals surface area contributed by atoms with Crippen LogP contribution in [0, 0.1) is 0 Å². The number of nitrogens with one attached hydrogen (secondary N) is 1.